The Kier molecular flexibility index (Phi) is 7.61. The molecule has 1 aliphatic carbocycles. The molecule has 0 atom stereocenters. The summed E-state index contributed by atoms with van der Waals surface area (Å²) in [6.45, 7) is 1.62. The van der Waals surface area contributed by atoms with Crippen molar-refractivity contribution < 1.29 is 28.6 Å². The van der Waals surface area contributed by atoms with E-state index in [9.17, 15) is 14.4 Å². The van der Waals surface area contributed by atoms with E-state index in [4.69, 9.17) is 14.2 Å². The van der Waals surface area contributed by atoms with E-state index < -0.39 is 0 Å². The zero-order valence-corrected chi connectivity index (χ0v) is 19.1. The van der Waals surface area contributed by atoms with Gasteiger partial charge in [-0.1, -0.05) is 24.3 Å². The molecule has 1 amide bonds. The highest BCUT2D eigenvalue weighted by Crippen LogP contribution is 2.28. The van der Waals surface area contributed by atoms with Crippen LogP contribution in [0.2, 0.25) is 0 Å². The Morgan fingerprint density at radius 3 is 2.09 bits per heavy atom. The molecule has 3 rings (SSSR count). The van der Waals surface area contributed by atoms with Gasteiger partial charge in [-0.25, -0.2) is 4.98 Å². The minimum atomic E-state index is -0.348. The van der Waals surface area contributed by atoms with Crippen molar-refractivity contribution in [1.82, 2.24) is 4.98 Å². The number of carbonyl (C=O) groups is 3. The molecule has 172 valence electrons. The number of aromatic nitrogens is 1. The Hall–Kier alpha value is -3.94. The van der Waals surface area contributed by atoms with E-state index in [1.807, 2.05) is 24.3 Å². The molecule has 1 heterocycles. The lowest BCUT2D eigenvalue weighted by atomic mass is 9.88. The fourth-order valence-corrected chi connectivity index (χ4v) is 3.49. The van der Waals surface area contributed by atoms with Crippen LogP contribution in [0.25, 0.3) is 0 Å². The number of Topliss-reactive ketones (excluding diaryl/α,β-unsaturated/α-hetero) is 2. The Bertz CT molecular complexity index is 1110. The summed E-state index contributed by atoms with van der Waals surface area (Å²) in [5.41, 5.74) is 3.20. The predicted molar refractivity (Wildman–Crippen MR) is 122 cm³/mol. The largest absolute Gasteiger partial charge is 0.489 e. The molecule has 0 saturated carbocycles. The molecule has 1 N–H and O–H groups in total. The van der Waals surface area contributed by atoms with Gasteiger partial charge >= 0.3 is 0 Å². The van der Waals surface area contributed by atoms with Crippen LogP contribution in [0.3, 0.4) is 0 Å². The molecular formula is C25H26N2O6. The van der Waals surface area contributed by atoms with Crippen LogP contribution >= 0.6 is 0 Å². The number of methoxy groups -OCH3 is 3. The molecule has 8 heteroatoms. The van der Waals surface area contributed by atoms with Crippen LogP contribution in [0, 0.1) is 0 Å². The van der Waals surface area contributed by atoms with Crippen molar-refractivity contribution in [3.63, 3.8) is 0 Å². The molecule has 2 aromatic rings. The third kappa shape index (κ3) is 5.46. The van der Waals surface area contributed by atoms with E-state index in [1.165, 1.54) is 21.3 Å². The lowest BCUT2D eigenvalue weighted by Crippen LogP contribution is -2.26. The number of ether oxygens (including phenoxy) is 3. The van der Waals surface area contributed by atoms with Gasteiger partial charge in [0.25, 0.3) is 0 Å². The van der Waals surface area contributed by atoms with E-state index in [0.29, 0.717) is 42.0 Å². The summed E-state index contributed by atoms with van der Waals surface area (Å²) in [7, 11) is 4.21. The van der Waals surface area contributed by atoms with Gasteiger partial charge in [0.2, 0.25) is 34.9 Å². The standard InChI is InChI=1S/C25H26N2O6/c1-15-19(23(30)25(33-4)24(32-3)22(15)29)13-17-7-5-16(6-8-17)9-11-20(28)27-18-10-12-21(31-2)26-14-18/h5-8,10,12,14H,9,11,13H2,1-4H3,(H,27,28). The SMILES string of the molecule is COC1=C(OC)C(=O)C(Cc2ccc(CCC(=O)Nc3ccc(OC)nc3)cc2)=C(C)C1=O. The molecule has 0 aliphatic heterocycles. The molecule has 0 unspecified atom stereocenters. The third-order valence-corrected chi connectivity index (χ3v) is 5.37. The minimum absolute atomic E-state index is 0.0669. The molecule has 1 aromatic carbocycles. The van der Waals surface area contributed by atoms with Crippen LogP contribution in [-0.2, 0) is 36.7 Å². The van der Waals surface area contributed by atoms with Gasteiger partial charge in [0.1, 0.15) is 0 Å². The Labute approximate surface area is 192 Å². The number of anilines is 1. The van der Waals surface area contributed by atoms with Crippen LogP contribution in [0.1, 0.15) is 24.5 Å². The lowest BCUT2D eigenvalue weighted by molar-refractivity contribution is -0.121. The van der Waals surface area contributed by atoms with Crippen molar-refractivity contribution in [2.45, 2.75) is 26.2 Å². The van der Waals surface area contributed by atoms with Crippen molar-refractivity contribution in [1.29, 1.82) is 0 Å². The fourth-order valence-electron chi connectivity index (χ4n) is 3.49. The van der Waals surface area contributed by atoms with Gasteiger partial charge in [0.05, 0.1) is 33.2 Å². The van der Waals surface area contributed by atoms with Gasteiger partial charge in [-0.2, -0.15) is 0 Å². The number of amides is 1. The zero-order chi connectivity index (χ0) is 24.0. The topological polar surface area (TPSA) is 104 Å². The highest BCUT2D eigenvalue weighted by atomic mass is 16.5. The van der Waals surface area contributed by atoms with Gasteiger partial charge < -0.3 is 19.5 Å². The molecule has 0 spiro atoms. The lowest BCUT2D eigenvalue weighted by Gasteiger charge is -2.20. The van der Waals surface area contributed by atoms with Crippen molar-refractivity contribution in [3.05, 3.63) is 76.4 Å². The van der Waals surface area contributed by atoms with Gasteiger partial charge in [0, 0.05) is 30.1 Å². The number of aryl methyl sites for hydroxylation is 1. The predicted octanol–water partition coefficient (Wildman–Crippen LogP) is 3.18. The van der Waals surface area contributed by atoms with E-state index in [2.05, 4.69) is 10.3 Å². The maximum atomic E-state index is 12.8. The molecule has 0 fully saturated rings. The first-order valence-electron chi connectivity index (χ1n) is 10.4. The summed E-state index contributed by atoms with van der Waals surface area (Å²) >= 11 is 0. The Morgan fingerprint density at radius 2 is 1.52 bits per heavy atom. The molecule has 8 nitrogen and oxygen atoms in total. The maximum absolute atomic E-state index is 12.8. The van der Waals surface area contributed by atoms with E-state index >= 15 is 0 Å². The van der Waals surface area contributed by atoms with E-state index in [1.54, 1.807) is 25.3 Å². The average Bonchev–Trinajstić information content (AvgIpc) is 2.83. The smallest absolute Gasteiger partial charge is 0.228 e. The number of nitrogens with zero attached hydrogens (tertiary/aromatic N) is 1. The highest BCUT2D eigenvalue weighted by molar-refractivity contribution is 6.23. The van der Waals surface area contributed by atoms with Crippen molar-refractivity contribution in [2.24, 2.45) is 0 Å². The van der Waals surface area contributed by atoms with E-state index in [0.717, 1.165) is 11.1 Å². The monoisotopic (exact) mass is 450 g/mol. The third-order valence-electron chi connectivity index (χ3n) is 5.37. The van der Waals surface area contributed by atoms with Gasteiger partial charge in [-0.15, -0.1) is 0 Å². The average molecular weight is 450 g/mol. The summed E-state index contributed by atoms with van der Waals surface area (Å²) in [4.78, 5) is 41.6. The van der Waals surface area contributed by atoms with Crippen LogP contribution in [0.5, 0.6) is 5.88 Å². The molecule has 0 bridgehead atoms. The molecule has 33 heavy (non-hydrogen) atoms. The normalized spacial score (nSPS) is 13.8. The summed E-state index contributed by atoms with van der Waals surface area (Å²) in [6, 6.07) is 11.0. The van der Waals surface area contributed by atoms with Crippen LogP contribution < -0.4 is 10.1 Å². The zero-order valence-electron chi connectivity index (χ0n) is 19.1. The Balaban J connectivity index is 1.60. The second-order valence-corrected chi connectivity index (χ2v) is 7.46. The number of carbonyl (C=O) groups excluding carboxylic acids is 3. The molecule has 0 radical (unpaired) electrons. The van der Waals surface area contributed by atoms with Gasteiger partial charge in [-0.3, -0.25) is 14.4 Å². The van der Waals surface area contributed by atoms with Gasteiger partial charge in [-0.05, 0) is 30.5 Å². The summed E-state index contributed by atoms with van der Waals surface area (Å²) < 4.78 is 15.2. The second-order valence-electron chi connectivity index (χ2n) is 7.46. The molecule has 1 aromatic heterocycles. The number of hydrogen-bond donors (Lipinski definition) is 1. The quantitative estimate of drug-likeness (QED) is 0.585. The van der Waals surface area contributed by atoms with Crippen LogP contribution in [0.4, 0.5) is 5.69 Å². The first-order valence-corrected chi connectivity index (χ1v) is 10.4. The maximum Gasteiger partial charge on any atom is 0.228 e. The number of rotatable bonds is 9. The Morgan fingerprint density at radius 1 is 0.879 bits per heavy atom. The van der Waals surface area contributed by atoms with Crippen molar-refractivity contribution in [3.8, 4) is 5.88 Å². The molecule has 1 aliphatic rings. The molecular weight excluding hydrogens is 424 g/mol. The first-order chi connectivity index (χ1) is 15.9. The number of nitrogens with one attached hydrogen (secondary N) is 1. The highest BCUT2D eigenvalue weighted by Gasteiger charge is 2.34. The van der Waals surface area contributed by atoms with Crippen molar-refractivity contribution in [2.75, 3.05) is 26.6 Å². The number of hydrogen-bond acceptors (Lipinski definition) is 7. The fraction of sp³-hybridized carbons (Fsp3) is 0.280. The minimum Gasteiger partial charge on any atom is -0.489 e. The number of pyridine rings is 1. The summed E-state index contributed by atoms with van der Waals surface area (Å²) in [5, 5.41) is 2.80. The number of allylic oxidation sites excluding steroid dienone is 2. The van der Waals surface area contributed by atoms with Crippen molar-refractivity contribution >= 4 is 23.2 Å². The molecule has 0 saturated heterocycles. The first kappa shape index (κ1) is 23.7. The van der Waals surface area contributed by atoms with Crippen LogP contribution in [-0.4, -0.2) is 43.8 Å². The summed E-state index contributed by atoms with van der Waals surface area (Å²) in [5.74, 6) is -0.475. The number of benzene rings is 1. The van der Waals surface area contributed by atoms with Crippen LogP contribution in [0.15, 0.2) is 65.3 Å². The number of ketones is 2. The second kappa shape index (κ2) is 10.6. The van der Waals surface area contributed by atoms with Gasteiger partial charge in [0.15, 0.2) is 0 Å². The van der Waals surface area contributed by atoms with E-state index in [-0.39, 0.29) is 29.0 Å². The summed E-state index contributed by atoms with van der Waals surface area (Å²) in [6.07, 6.45) is 2.71.